The van der Waals surface area contributed by atoms with Crippen LogP contribution in [0.25, 0.3) is 0 Å². The largest absolute Gasteiger partial charge is 0.497 e. The lowest BCUT2D eigenvalue weighted by Gasteiger charge is -2.13. The summed E-state index contributed by atoms with van der Waals surface area (Å²) in [7, 11) is 3.73. The van der Waals surface area contributed by atoms with Gasteiger partial charge in [0.15, 0.2) is 0 Å². The van der Waals surface area contributed by atoms with Crippen molar-refractivity contribution in [1.29, 1.82) is 0 Å². The Bertz CT molecular complexity index is 820. The summed E-state index contributed by atoms with van der Waals surface area (Å²) in [4.78, 5) is 0. The highest BCUT2D eigenvalue weighted by molar-refractivity contribution is 5.44. The molecule has 0 bridgehead atoms. The Hall–Kier alpha value is -2.92. The summed E-state index contributed by atoms with van der Waals surface area (Å²) in [5.41, 5.74) is 3.37. The van der Waals surface area contributed by atoms with Crippen molar-refractivity contribution in [2.75, 3.05) is 7.11 Å². The maximum absolute atomic E-state index is 5.25. The third kappa shape index (κ3) is 3.46. The molecule has 0 spiro atoms. The van der Waals surface area contributed by atoms with Gasteiger partial charge in [0, 0.05) is 24.5 Å². The summed E-state index contributed by atoms with van der Waals surface area (Å²) in [5, 5.41) is 0. The molecular weight excluding hydrogens is 282 g/mol. The molecule has 0 aliphatic carbocycles. The van der Waals surface area contributed by atoms with Crippen molar-refractivity contribution >= 4 is 0 Å². The van der Waals surface area contributed by atoms with E-state index in [0.29, 0.717) is 0 Å². The zero-order valence-corrected chi connectivity index (χ0v) is 13.4. The van der Waals surface area contributed by atoms with Crippen molar-refractivity contribution in [3.05, 3.63) is 89.7 Å². The Balaban J connectivity index is 2.00. The van der Waals surface area contributed by atoms with Crippen molar-refractivity contribution in [3.8, 4) is 17.6 Å². The van der Waals surface area contributed by atoms with Gasteiger partial charge in [0.1, 0.15) is 5.75 Å². The number of aryl methyl sites for hydroxylation is 1. The zero-order chi connectivity index (χ0) is 16.1. The maximum atomic E-state index is 5.25. The van der Waals surface area contributed by atoms with Gasteiger partial charge in [0.2, 0.25) is 0 Å². The van der Waals surface area contributed by atoms with Gasteiger partial charge in [0.25, 0.3) is 0 Å². The van der Waals surface area contributed by atoms with Gasteiger partial charge >= 0.3 is 0 Å². The third-order valence-electron chi connectivity index (χ3n) is 3.86. The first-order chi connectivity index (χ1) is 11.3. The van der Waals surface area contributed by atoms with Gasteiger partial charge < -0.3 is 9.30 Å². The van der Waals surface area contributed by atoms with E-state index in [4.69, 9.17) is 4.74 Å². The van der Waals surface area contributed by atoms with Crippen LogP contribution in [0.4, 0.5) is 0 Å². The monoisotopic (exact) mass is 301 g/mol. The van der Waals surface area contributed by atoms with Crippen molar-refractivity contribution in [3.63, 3.8) is 0 Å². The molecule has 0 aliphatic heterocycles. The fraction of sp³-hybridized carbons (Fsp3) is 0.143. The summed E-state index contributed by atoms with van der Waals surface area (Å²) < 4.78 is 7.37. The molecule has 1 unspecified atom stereocenters. The molecule has 2 nitrogen and oxygen atoms in total. The predicted octanol–water partition coefficient (Wildman–Crippen LogP) is 4.22. The maximum Gasteiger partial charge on any atom is 0.118 e. The molecule has 0 saturated heterocycles. The average Bonchev–Trinajstić information content (AvgIpc) is 3.02. The summed E-state index contributed by atoms with van der Waals surface area (Å²) in [6.45, 7) is 0. The summed E-state index contributed by atoms with van der Waals surface area (Å²) >= 11 is 0. The highest BCUT2D eigenvalue weighted by Gasteiger charge is 2.14. The minimum atomic E-state index is 0.0288. The van der Waals surface area contributed by atoms with Gasteiger partial charge in [-0.15, -0.1) is 0 Å². The van der Waals surface area contributed by atoms with Gasteiger partial charge in [-0.05, 0) is 42.0 Å². The van der Waals surface area contributed by atoms with Crippen molar-refractivity contribution in [2.24, 2.45) is 7.05 Å². The minimum absolute atomic E-state index is 0.0288. The van der Waals surface area contributed by atoms with Crippen molar-refractivity contribution in [1.82, 2.24) is 4.57 Å². The molecule has 1 heterocycles. The lowest BCUT2D eigenvalue weighted by atomic mass is 9.95. The van der Waals surface area contributed by atoms with Crippen LogP contribution in [0.2, 0.25) is 0 Å². The first kappa shape index (κ1) is 15.0. The average molecular weight is 301 g/mol. The van der Waals surface area contributed by atoms with Crippen LogP contribution in [0.15, 0.2) is 72.9 Å². The first-order valence-corrected chi connectivity index (χ1v) is 7.59. The highest BCUT2D eigenvalue weighted by atomic mass is 16.5. The number of benzene rings is 2. The number of nitrogens with zero attached hydrogens (tertiary/aromatic N) is 1. The zero-order valence-electron chi connectivity index (χ0n) is 13.4. The Kier molecular flexibility index (Phi) is 4.49. The molecule has 2 heteroatoms. The van der Waals surface area contributed by atoms with E-state index in [-0.39, 0.29) is 5.92 Å². The molecule has 2 aromatic carbocycles. The van der Waals surface area contributed by atoms with E-state index in [2.05, 4.69) is 53.9 Å². The van der Waals surface area contributed by atoms with Crippen LogP contribution in [0, 0.1) is 11.8 Å². The molecule has 0 N–H and O–H groups in total. The number of methoxy groups -OCH3 is 1. The van der Waals surface area contributed by atoms with E-state index in [9.17, 15) is 0 Å². The standard InChI is InChI=1S/C21H19NO/c1-22-16-6-9-21(22)20(15-10-17-7-4-3-5-8-17)18-11-13-19(23-2)14-12-18/h3-9,11-14,16,20H,1-2H3. The van der Waals surface area contributed by atoms with E-state index in [0.717, 1.165) is 16.9 Å². The SMILES string of the molecule is COc1ccc(C(C#Cc2ccccc2)c2cccn2C)cc1. The number of ether oxygens (including phenoxy) is 1. The molecule has 0 radical (unpaired) electrons. The van der Waals surface area contributed by atoms with E-state index in [1.54, 1.807) is 7.11 Å². The van der Waals surface area contributed by atoms with Crippen LogP contribution in [-0.4, -0.2) is 11.7 Å². The molecule has 114 valence electrons. The van der Waals surface area contributed by atoms with Crippen LogP contribution >= 0.6 is 0 Å². The fourth-order valence-corrected chi connectivity index (χ4v) is 2.58. The fourth-order valence-electron chi connectivity index (χ4n) is 2.58. The Morgan fingerprint density at radius 1 is 0.913 bits per heavy atom. The smallest absolute Gasteiger partial charge is 0.118 e. The van der Waals surface area contributed by atoms with Gasteiger partial charge in [-0.3, -0.25) is 0 Å². The minimum Gasteiger partial charge on any atom is -0.497 e. The second-order valence-corrected chi connectivity index (χ2v) is 5.39. The summed E-state index contributed by atoms with van der Waals surface area (Å²) in [5.74, 6) is 7.60. The van der Waals surface area contributed by atoms with Gasteiger partial charge in [0.05, 0.1) is 13.0 Å². The highest BCUT2D eigenvalue weighted by Crippen LogP contribution is 2.26. The molecule has 0 aliphatic rings. The van der Waals surface area contributed by atoms with Gasteiger partial charge in [-0.25, -0.2) is 0 Å². The number of rotatable bonds is 3. The summed E-state index contributed by atoms with van der Waals surface area (Å²) in [6, 6.07) is 22.4. The normalized spacial score (nSPS) is 11.4. The predicted molar refractivity (Wildman–Crippen MR) is 93.6 cm³/mol. The van der Waals surface area contributed by atoms with E-state index in [1.165, 1.54) is 5.69 Å². The number of hydrogen-bond donors (Lipinski definition) is 0. The molecule has 1 aromatic heterocycles. The molecule has 1 atom stereocenters. The van der Waals surface area contributed by atoms with E-state index < -0.39 is 0 Å². The number of hydrogen-bond acceptors (Lipinski definition) is 1. The molecule has 0 fully saturated rings. The topological polar surface area (TPSA) is 14.2 Å². The molecule has 3 rings (SSSR count). The van der Waals surface area contributed by atoms with Gasteiger partial charge in [-0.2, -0.15) is 0 Å². The second-order valence-electron chi connectivity index (χ2n) is 5.39. The van der Waals surface area contributed by atoms with Crippen LogP contribution < -0.4 is 4.74 Å². The Labute approximate surface area is 137 Å². The molecule has 0 saturated carbocycles. The van der Waals surface area contributed by atoms with E-state index in [1.807, 2.05) is 42.5 Å². The van der Waals surface area contributed by atoms with Crippen molar-refractivity contribution in [2.45, 2.75) is 5.92 Å². The van der Waals surface area contributed by atoms with E-state index >= 15 is 0 Å². The quantitative estimate of drug-likeness (QED) is 0.661. The summed E-state index contributed by atoms with van der Waals surface area (Å²) in [6.07, 6.45) is 2.05. The lowest BCUT2D eigenvalue weighted by Crippen LogP contribution is -2.04. The molecular formula is C21H19NO. The van der Waals surface area contributed by atoms with Crippen LogP contribution in [0.1, 0.15) is 22.7 Å². The molecule has 0 amide bonds. The van der Waals surface area contributed by atoms with Crippen LogP contribution in [0.3, 0.4) is 0 Å². The van der Waals surface area contributed by atoms with Crippen LogP contribution in [0.5, 0.6) is 5.75 Å². The second kappa shape index (κ2) is 6.89. The number of aromatic nitrogens is 1. The van der Waals surface area contributed by atoms with Gasteiger partial charge in [-0.1, -0.05) is 42.2 Å². The molecule has 23 heavy (non-hydrogen) atoms. The Morgan fingerprint density at radius 2 is 1.65 bits per heavy atom. The molecule has 3 aromatic rings. The van der Waals surface area contributed by atoms with Crippen molar-refractivity contribution < 1.29 is 4.74 Å². The Morgan fingerprint density at radius 3 is 2.26 bits per heavy atom. The lowest BCUT2D eigenvalue weighted by molar-refractivity contribution is 0.414. The first-order valence-electron chi connectivity index (χ1n) is 7.59. The third-order valence-corrected chi connectivity index (χ3v) is 3.86. The van der Waals surface area contributed by atoms with Crippen LogP contribution in [-0.2, 0) is 7.05 Å².